The summed E-state index contributed by atoms with van der Waals surface area (Å²) in [6, 6.07) is 5.02. The minimum atomic E-state index is -0.225. The maximum Gasteiger partial charge on any atom is 0.128 e. The van der Waals surface area contributed by atoms with Crippen LogP contribution in [-0.2, 0) is 13.1 Å². The van der Waals surface area contributed by atoms with Crippen molar-refractivity contribution in [2.24, 2.45) is 0 Å². The Morgan fingerprint density at radius 1 is 1.42 bits per heavy atom. The van der Waals surface area contributed by atoms with Crippen molar-refractivity contribution in [2.45, 2.75) is 26.4 Å². The Bertz CT molecular complexity index is 541. The molecule has 2 rings (SSSR count). The average molecular weight is 264 g/mol. The van der Waals surface area contributed by atoms with Gasteiger partial charge in [0.05, 0.1) is 12.7 Å². The Balaban J connectivity index is 1.91. The van der Waals surface area contributed by atoms with Crippen molar-refractivity contribution < 1.29 is 9.50 Å². The molecule has 1 aromatic carbocycles. The molecule has 0 aliphatic carbocycles. The van der Waals surface area contributed by atoms with E-state index in [0.29, 0.717) is 30.8 Å². The van der Waals surface area contributed by atoms with Crippen LogP contribution in [0.1, 0.15) is 17.7 Å². The van der Waals surface area contributed by atoms with Crippen LogP contribution in [0.5, 0.6) is 0 Å². The number of anilines is 1. The van der Waals surface area contributed by atoms with Crippen molar-refractivity contribution in [1.82, 2.24) is 15.0 Å². The largest absolute Gasteiger partial charge is 0.396 e. The Morgan fingerprint density at radius 3 is 3.00 bits per heavy atom. The van der Waals surface area contributed by atoms with Crippen molar-refractivity contribution >= 4 is 5.69 Å². The van der Waals surface area contributed by atoms with Crippen molar-refractivity contribution in [3.8, 4) is 0 Å². The first-order valence-corrected chi connectivity index (χ1v) is 6.19. The van der Waals surface area contributed by atoms with Crippen molar-refractivity contribution in [2.75, 3.05) is 11.9 Å². The Kier molecular flexibility index (Phi) is 4.46. The number of nitrogens with one attached hydrogen (secondary N) is 1. The van der Waals surface area contributed by atoms with Crippen LogP contribution in [0.4, 0.5) is 10.1 Å². The number of aryl methyl sites for hydroxylation is 2. The van der Waals surface area contributed by atoms with E-state index in [0.717, 1.165) is 5.69 Å². The van der Waals surface area contributed by atoms with Gasteiger partial charge in [0.1, 0.15) is 11.5 Å². The van der Waals surface area contributed by atoms with E-state index in [-0.39, 0.29) is 12.4 Å². The summed E-state index contributed by atoms with van der Waals surface area (Å²) < 4.78 is 15.0. The summed E-state index contributed by atoms with van der Waals surface area (Å²) in [5, 5.41) is 19.8. The van der Waals surface area contributed by atoms with Crippen LogP contribution >= 0.6 is 0 Å². The fourth-order valence-corrected chi connectivity index (χ4v) is 1.66. The maximum absolute atomic E-state index is 13.4. The topological polar surface area (TPSA) is 63.0 Å². The van der Waals surface area contributed by atoms with E-state index in [2.05, 4.69) is 15.6 Å². The van der Waals surface area contributed by atoms with Crippen molar-refractivity contribution in [3.05, 3.63) is 41.5 Å². The molecule has 0 aliphatic heterocycles. The summed E-state index contributed by atoms with van der Waals surface area (Å²) in [6.45, 7) is 2.99. The summed E-state index contributed by atoms with van der Waals surface area (Å²) in [6.07, 6.45) is 2.46. The number of hydrogen-bond acceptors (Lipinski definition) is 4. The molecule has 0 amide bonds. The predicted molar refractivity (Wildman–Crippen MR) is 70.2 cm³/mol. The molecule has 0 saturated carbocycles. The molecule has 0 spiro atoms. The van der Waals surface area contributed by atoms with Crippen molar-refractivity contribution in [3.63, 3.8) is 0 Å². The minimum absolute atomic E-state index is 0.135. The molecule has 0 saturated heterocycles. The van der Waals surface area contributed by atoms with Crippen LogP contribution in [0.15, 0.2) is 24.4 Å². The molecule has 6 heteroatoms. The quantitative estimate of drug-likeness (QED) is 0.834. The van der Waals surface area contributed by atoms with Crippen LogP contribution < -0.4 is 5.32 Å². The average Bonchev–Trinajstić information content (AvgIpc) is 2.86. The molecule has 102 valence electrons. The molecule has 0 fully saturated rings. The van der Waals surface area contributed by atoms with Gasteiger partial charge < -0.3 is 10.4 Å². The lowest BCUT2D eigenvalue weighted by molar-refractivity contribution is 0.276. The third-order valence-corrected chi connectivity index (χ3v) is 2.78. The monoisotopic (exact) mass is 264 g/mol. The van der Waals surface area contributed by atoms with E-state index >= 15 is 0 Å². The number of aliphatic hydroxyl groups is 1. The normalized spacial score (nSPS) is 10.7. The highest BCUT2D eigenvalue weighted by Gasteiger charge is 2.02. The van der Waals surface area contributed by atoms with Gasteiger partial charge in [0.2, 0.25) is 0 Å². The van der Waals surface area contributed by atoms with E-state index in [9.17, 15) is 4.39 Å². The number of hydrogen-bond donors (Lipinski definition) is 2. The minimum Gasteiger partial charge on any atom is -0.396 e. The molecule has 1 aromatic heterocycles. The first-order valence-electron chi connectivity index (χ1n) is 6.19. The summed E-state index contributed by atoms with van der Waals surface area (Å²) in [7, 11) is 0. The third-order valence-electron chi connectivity index (χ3n) is 2.78. The molecule has 0 atom stereocenters. The number of halogens is 1. The SMILES string of the molecule is Cc1ccc(NCc2cn(CCCO)nn2)cc1F. The highest BCUT2D eigenvalue weighted by atomic mass is 19.1. The van der Waals surface area contributed by atoms with E-state index in [1.54, 1.807) is 17.7 Å². The summed E-state index contributed by atoms with van der Waals surface area (Å²) >= 11 is 0. The molecule has 2 aromatic rings. The molecule has 0 unspecified atom stereocenters. The number of aromatic nitrogens is 3. The van der Waals surface area contributed by atoms with Gasteiger partial charge in [-0.2, -0.15) is 0 Å². The molecule has 0 aliphatic rings. The van der Waals surface area contributed by atoms with Crippen LogP contribution in [0, 0.1) is 12.7 Å². The van der Waals surface area contributed by atoms with Crippen LogP contribution in [0.3, 0.4) is 0 Å². The Hall–Kier alpha value is -1.95. The maximum atomic E-state index is 13.4. The van der Waals surface area contributed by atoms with Gasteiger partial charge >= 0.3 is 0 Å². The van der Waals surface area contributed by atoms with E-state index in [1.807, 2.05) is 12.3 Å². The second kappa shape index (κ2) is 6.29. The fourth-order valence-electron chi connectivity index (χ4n) is 1.66. The van der Waals surface area contributed by atoms with Gasteiger partial charge in [0.25, 0.3) is 0 Å². The van der Waals surface area contributed by atoms with E-state index in [1.165, 1.54) is 6.07 Å². The molecular weight excluding hydrogens is 247 g/mol. The Labute approximate surface area is 111 Å². The lowest BCUT2D eigenvalue weighted by atomic mass is 10.2. The zero-order chi connectivity index (χ0) is 13.7. The van der Waals surface area contributed by atoms with E-state index < -0.39 is 0 Å². The molecule has 0 bridgehead atoms. The molecule has 0 radical (unpaired) electrons. The van der Waals surface area contributed by atoms with Gasteiger partial charge in [-0.1, -0.05) is 11.3 Å². The van der Waals surface area contributed by atoms with Gasteiger partial charge in [-0.3, -0.25) is 4.68 Å². The molecule has 2 N–H and O–H groups in total. The summed E-state index contributed by atoms with van der Waals surface area (Å²) in [5.41, 5.74) is 2.12. The van der Waals surface area contributed by atoms with Gasteiger partial charge in [0.15, 0.2) is 0 Å². The van der Waals surface area contributed by atoms with Crippen molar-refractivity contribution in [1.29, 1.82) is 0 Å². The molecular formula is C13H17FN4O. The number of aliphatic hydroxyl groups excluding tert-OH is 1. The predicted octanol–water partition coefficient (Wildman–Crippen LogP) is 1.72. The van der Waals surface area contributed by atoms with Crippen LogP contribution in [-0.4, -0.2) is 26.7 Å². The van der Waals surface area contributed by atoms with E-state index in [4.69, 9.17) is 5.11 Å². The first kappa shape index (κ1) is 13.5. The molecule has 19 heavy (non-hydrogen) atoms. The lowest BCUT2D eigenvalue weighted by Gasteiger charge is -2.05. The van der Waals surface area contributed by atoms with Gasteiger partial charge in [0, 0.05) is 18.8 Å². The standard InChI is InChI=1S/C13H17FN4O/c1-10-3-4-11(7-13(10)14)15-8-12-9-18(17-16-12)5-2-6-19/h3-4,7,9,15,19H,2,5-6,8H2,1H3. The van der Waals surface area contributed by atoms with Crippen LogP contribution in [0.25, 0.3) is 0 Å². The van der Waals surface area contributed by atoms with Crippen LogP contribution in [0.2, 0.25) is 0 Å². The zero-order valence-electron chi connectivity index (χ0n) is 10.8. The third kappa shape index (κ3) is 3.75. The second-order valence-electron chi connectivity index (χ2n) is 4.37. The Morgan fingerprint density at radius 2 is 2.26 bits per heavy atom. The highest BCUT2D eigenvalue weighted by Crippen LogP contribution is 2.14. The lowest BCUT2D eigenvalue weighted by Crippen LogP contribution is -2.01. The van der Waals surface area contributed by atoms with Gasteiger partial charge in [-0.05, 0) is 31.0 Å². The summed E-state index contributed by atoms with van der Waals surface area (Å²) in [4.78, 5) is 0. The first-order chi connectivity index (χ1) is 9.19. The smallest absolute Gasteiger partial charge is 0.128 e. The summed E-state index contributed by atoms with van der Waals surface area (Å²) in [5.74, 6) is -0.225. The number of rotatable bonds is 6. The fraction of sp³-hybridized carbons (Fsp3) is 0.385. The second-order valence-corrected chi connectivity index (χ2v) is 4.37. The molecule has 5 nitrogen and oxygen atoms in total. The zero-order valence-corrected chi connectivity index (χ0v) is 10.8. The van der Waals surface area contributed by atoms with Gasteiger partial charge in [-0.15, -0.1) is 5.10 Å². The number of benzene rings is 1. The molecule has 1 heterocycles. The number of nitrogens with zero attached hydrogens (tertiary/aromatic N) is 3. The van der Waals surface area contributed by atoms with Gasteiger partial charge in [-0.25, -0.2) is 4.39 Å². The highest BCUT2D eigenvalue weighted by molar-refractivity contribution is 5.45.